The number of carbonyl (C=O) groups excluding carboxylic acids is 16. The van der Waals surface area contributed by atoms with Crippen molar-refractivity contribution in [1.29, 1.82) is 0 Å². The molecule has 0 spiro atoms. The molecule has 426 valence electrons. The van der Waals surface area contributed by atoms with Gasteiger partial charge in [0.05, 0.1) is 0 Å². The van der Waals surface area contributed by atoms with Crippen LogP contribution in [0.4, 0.5) is 10.5 Å². The number of primary amides is 1. The molecule has 0 fully saturated rings. The summed E-state index contributed by atoms with van der Waals surface area (Å²) in [6.07, 6.45) is 0.130. The van der Waals surface area contributed by atoms with Crippen molar-refractivity contribution in [1.82, 2.24) is 31.5 Å². The van der Waals surface area contributed by atoms with E-state index in [2.05, 4.69) is 31.9 Å². The number of ketones is 8. The number of anilines is 1. The molecule has 78 heavy (non-hydrogen) atoms. The van der Waals surface area contributed by atoms with E-state index < -0.39 is 83.8 Å². The second kappa shape index (κ2) is 35.4. The van der Waals surface area contributed by atoms with Crippen molar-refractivity contribution >= 4 is 99.3 Å². The summed E-state index contributed by atoms with van der Waals surface area (Å²) in [5.41, 5.74) is 6.55. The first kappa shape index (κ1) is 66.2. The van der Waals surface area contributed by atoms with E-state index in [1.807, 2.05) is 6.92 Å². The number of aryl methyl sites for hydroxylation is 1. The average molecular weight is 1090 g/mol. The fourth-order valence-electron chi connectivity index (χ4n) is 7.50. The Hall–Kier alpha value is -7.92. The molecule has 8 N–H and O–H groups in total. The number of hydrogen-bond acceptors (Lipinski definition) is 16. The summed E-state index contributed by atoms with van der Waals surface area (Å²) in [5, 5.41) is 15.4. The van der Waals surface area contributed by atoms with Gasteiger partial charge in [-0.3, -0.25) is 72.0 Å². The lowest BCUT2D eigenvalue weighted by Gasteiger charge is -2.27. The number of nitrogens with one attached hydrogen (secondary N) is 6. The normalized spacial score (nSPS) is 12.9. The number of benzene rings is 1. The highest BCUT2D eigenvalue weighted by Crippen LogP contribution is 2.14. The molecule has 2 rings (SSSR count). The summed E-state index contributed by atoms with van der Waals surface area (Å²) < 4.78 is 0. The fraction of sp³-hybridized carbons (Fsp3) is 0.556. The van der Waals surface area contributed by atoms with Crippen LogP contribution in [0.25, 0.3) is 0 Å². The zero-order chi connectivity index (χ0) is 58.3. The van der Waals surface area contributed by atoms with Crippen LogP contribution in [-0.2, 0) is 71.9 Å². The van der Waals surface area contributed by atoms with Crippen molar-refractivity contribution in [2.24, 2.45) is 11.7 Å². The molecular weight excluding hydrogens is 1020 g/mol. The molecule has 0 saturated heterocycles. The van der Waals surface area contributed by atoms with E-state index in [1.54, 1.807) is 38.1 Å². The van der Waals surface area contributed by atoms with Crippen LogP contribution in [0.5, 0.6) is 0 Å². The van der Waals surface area contributed by atoms with Crippen molar-refractivity contribution in [3.8, 4) is 0 Å². The van der Waals surface area contributed by atoms with Crippen LogP contribution in [0, 0.1) is 12.8 Å². The van der Waals surface area contributed by atoms with Gasteiger partial charge in [0.25, 0.3) is 11.8 Å². The Morgan fingerprint density at radius 3 is 1.33 bits per heavy atom. The Labute approximate surface area is 452 Å². The molecule has 1 aliphatic rings. The number of nitrogens with two attached hydrogens (primary N) is 1. The lowest BCUT2D eigenvalue weighted by molar-refractivity contribution is -0.141. The number of carbonyl (C=O) groups is 16. The predicted octanol–water partition coefficient (Wildman–Crippen LogP) is 1.74. The van der Waals surface area contributed by atoms with Crippen LogP contribution in [0.3, 0.4) is 0 Å². The molecule has 1 aromatic carbocycles. The van der Waals surface area contributed by atoms with Gasteiger partial charge in [-0.2, -0.15) is 0 Å². The zero-order valence-electron chi connectivity index (χ0n) is 44.9. The van der Waals surface area contributed by atoms with Crippen LogP contribution in [0.1, 0.15) is 148 Å². The van der Waals surface area contributed by atoms with Gasteiger partial charge in [0.1, 0.15) is 70.9 Å². The topological polar surface area (TPSA) is 375 Å². The minimum atomic E-state index is -1.46. The predicted molar refractivity (Wildman–Crippen MR) is 280 cm³/mol. The molecular formula is C54H74N8O16. The van der Waals surface area contributed by atoms with Gasteiger partial charge in [0, 0.05) is 134 Å². The molecule has 1 aliphatic heterocycles. The number of urea groups is 1. The monoisotopic (exact) mass is 1090 g/mol. The van der Waals surface area contributed by atoms with E-state index in [1.165, 1.54) is 6.92 Å². The van der Waals surface area contributed by atoms with E-state index in [4.69, 9.17) is 5.73 Å². The second-order valence-corrected chi connectivity index (χ2v) is 19.4. The first-order chi connectivity index (χ1) is 36.8. The summed E-state index contributed by atoms with van der Waals surface area (Å²) in [4.78, 5) is 200. The highest BCUT2D eigenvalue weighted by molar-refractivity contribution is 6.14. The summed E-state index contributed by atoms with van der Waals surface area (Å²) >= 11 is 0. The second-order valence-electron chi connectivity index (χ2n) is 19.4. The Bertz CT molecular complexity index is 2410. The highest BCUT2D eigenvalue weighted by Gasteiger charge is 2.33. The number of Topliss-reactive ketones (excluding diaryl/α,β-unsaturated/α-hetero) is 8. The third-order valence-electron chi connectivity index (χ3n) is 12.3. The first-order valence-electron chi connectivity index (χ1n) is 26.1. The van der Waals surface area contributed by atoms with E-state index in [0.29, 0.717) is 10.6 Å². The average Bonchev–Trinajstić information content (AvgIpc) is 3.70. The molecule has 0 saturated carbocycles. The molecule has 1 heterocycles. The third kappa shape index (κ3) is 28.3. The van der Waals surface area contributed by atoms with Crippen molar-refractivity contribution in [3.63, 3.8) is 0 Å². The summed E-state index contributed by atoms with van der Waals surface area (Å²) in [6.45, 7) is 5.55. The number of hydrogen-bond donors (Lipinski definition) is 7. The molecule has 0 bridgehead atoms. The van der Waals surface area contributed by atoms with Gasteiger partial charge in [0.15, 0.2) is 0 Å². The number of amides is 9. The van der Waals surface area contributed by atoms with Crippen LogP contribution < -0.4 is 37.6 Å². The van der Waals surface area contributed by atoms with Gasteiger partial charge in [-0.25, -0.2) is 4.79 Å². The maximum absolute atomic E-state index is 13.9. The number of imide groups is 1. The molecule has 24 nitrogen and oxygen atoms in total. The Morgan fingerprint density at radius 2 is 0.910 bits per heavy atom. The fourth-order valence-corrected chi connectivity index (χ4v) is 7.50. The maximum atomic E-state index is 13.9. The maximum Gasteiger partial charge on any atom is 0.312 e. The molecule has 0 aromatic heterocycles. The van der Waals surface area contributed by atoms with Crippen molar-refractivity contribution in [2.75, 3.05) is 25.0 Å². The quantitative estimate of drug-likeness (QED) is 0.0363. The largest absolute Gasteiger partial charge is 0.356 e. The van der Waals surface area contributed by atoms with Gasteiger partial charge < -0.3 is 42.4 Å². The summed E-state index contributed by atoms with van der Waals surface area (Å²) in [7, 11) is 0. The summed E-state index contributed by atoms with van der Waals surface area (Å²) in [5.74, 6) is -8.34. The smallest absolute Gasteiger partial charge is 0.312 e. The Kier molecular flexibility index (Phi) is 30.1. The first-order valence-corrected chi connectivity index (χ1v) is 26.1. The Morgan fingerprint density at radius 1 is 0.487 bits per heavy atom. The van der Waals surface area contributed by atoms with Crippen molar-refractivity contribution < 1.29 is 76.7 Å². The van der Waals surface area contributed by atoms with E-state index >= 15 is 0 Å². The molecule has 0 aliphatic carbocycles. The van der Waals surface area contributed by atoms with Crippen LogP contribution >= 0.6 is 0 Å². The van der Waals surface area contributed by atoms with Gasteiger partial charge in [0.2, 0.25) is 29.5 Å². The molecule has 1 aromatic rings. The molecule has 0 unspecified atom stereocenters. The lowest BCUT2D eigenvalue weighted by atomic mass is 10.00. The van der Waals surface area contributed by atoms with Gasteiger partial charge in [-0.15, -0.1) is 0 Å². The van der Waals surface area contributed by atoms with E-state index in [9.17, 15) is 76.7 Å². The molecule has 24 heteroatoms. The van der Waals surface area contributed by atoms with Crippen LogP contribution in [0.2, 0.25) is 0 Å². The number of nitrogens with zero attached hydrogens (tertiary/aromatic N) is 1. The number of rotatable bonds is 41. The van der Waals surface area contributed by atoms with E-state index in [-0.39, 0.29) is 176 Å². The molecule has 9 amide bonds. The lowest BCUT2D eigenvalue weighted by Crippen LogP contribution is -2.58. The van der Waals surface area contributed by atoms with Gasteiger partial charge in [-0.05, 0) is 51.2 Å². The third-order valence-corrected chi connectivity index (χ3v) is 12.3. The standard InChI is InChI=1S/C54H74N8O16/c1-33(2)50(53(77)60-44(6-5-30-57-54(55)78)51(75)58-36-10-7-34(3)8-11-36)61-52(76)45(59-47(72)32-62-48(73)27-28-49(62)74)29-31-56-46(71)26-25-43(70)24-23-42(69)22-21-41(68)20-19-40(67)18-17-39(66)16-15-38(65)14-13-37(64)12-9-35(4)63/h7-8,10-11,27-28,33,44-45,50H,5-6,9,12-26,29-32H2,1-4H3,(H,56,71)(H,58,75)(H,59,72)(H,60,77)(H,61,76)(H3,55,57,78)/t44-,45-,50-/m0/s1. The van der Waals surface area contributed by atoms with Crippen molar-refractivity contribution in [2.45, 2.75) is 168 Å². The van der Waals surface area contributed by atoms with Gasteiger partial charge >= 0.3 is 6.03 Å². The van der Waals surface area contributed by atoms with E-state index in [0.717, 1.165) is 17.7 Å². The van der Waals surface area contributed by atoms with Gasteiger partial charge in [-0.1, -0.05) is 31.5 Å². The molecule has 0 radical (unpaired) electrons. The Balaban J connectivity index is 1.88. The van der Waals surface area contributed by atoms with Crippen LogP contribution in [0.15, 0.2) is 36.4 Å². The zero-order valence-corrected chi connectivity index (χ0v) is 44.9. The van der Waals surface area contributed by atoms with Crippen LogP contribution in [-0.4, -0.2) is 136 Å². The minimum Gasteiger partial charge on any atom is -0.356 e. The summed E-state index contributed by atoms with van der Waals surface area (Å²) in [6, 6.07) is 2.21. The SMILES string of the molecule is CC(=O)CCC(=O)CCC(=O)CCC(=O)CCC(=O)CCC(=O)CCC(=O)CCC(=O)CCC(=O)NCC[C@H](NC(=O)CN1C(=O)C=CC1=O)C(=O)N[C@H](C(=O)N[C@@H](CCCNC(N)=O)C(=O)Nc1ccc(C)cc1)C(C)C. The van der Waals surface area contributed by atoms with Crippen molar-refractivity contribution in [3.05, 3.63) is 42.0 Å². The minimum absolute atomic E-state index is 0.00194. The molecule has 3 atom stereocenters. The highest BCUT2D eigenvalue weighted by atomic mass is 16.2.